The van der Waals surface area contributed by atoms with Gasteiger partial charge in [0.25, 0.3) is 0 Å². The number of carbonyl (C=O) groups excluding carboxylic acids is 2. The quantitative estimate of drug-likeness (QED) is 0.943. The van der Waals surface area contributed by atoms with Crippen LogP contribution in [0.1, 0.15) is 19.3 Å². The Kier molecular flexibility index (Phi) is 4.48. The first kappa shape index (κ1) is 14.7. The minimum Gasteiger partial charge on any atom is -0.333 e. The van der Waals surface area contributed by atoms with Crippen molar-refractivity contribution in [1.29, 1.82) is 0 Å². The van der Waals surface area contributed by atoms with Crippen LogP contribution in [-0.4, -0.2) is 34.2 Å². The Morgan fingerprint density at radius 1 is 1.27 bits per heavy atom. The first-order valence-electron chi connectivity index (χ1n) is 7.32. The smallest absolute Gasteiger partial charge is 0.244 e. The summed E-state index contributed by atoms with van der Waals surface area (Å²) in [5.74, 6) is -0.103. The molecule has 2 amide bonds. The molecule has 0 saturated carbocycles. The Balaban J connectivity index is 1.60. The SMILES string of the molecule is O=C(CN1CCCCC1=O)Nc1cc(-c2ccccc2)ns1. The molecule has 0 unspecified atom stereocenters. The number of benzene rings is 1. The highest BCUT2D eigenvalue weighted by Gasteiger charge is 2.20. The molecule has 1 saturated heterocycles. The summed E-state index contributed by atoms with van der Waals surface area (Å²) in [4.78, 5) is 25.4. The lowest BCUT2D eigenvalue weighted by Gasteiger charge is -2.25. The number of hydrogen-bond acceptors (Lipinski definition) is 4. The Morgan fingerprint density at radius 3 is 2.86 bits per heavy atom. The van der Waals surface area contributed by atoms with Crippen LogP contribution in [0.25, 0.3) is 11.3 Å². The van der Waals surface area contributed by atoms with E-state index in [1.165, 1.54) is 11.5 Å². The van der Waals surface area contributed by atoms with Crippen molar-refractivity contribution in [1.82, 2.24) is 9.27 Å². The summed E-state index contributed by atoms with van der Waals surface area (Å²) in [6.07, 6.45) is 2.44. The van der Waals surface area contributed by atoms with Gasteiger partial charge in [0.1, 0.15) is 5.00 Å². The fraction of sp³-hybridized carbons (Fsp3) is 0.312. The Bertz CT molecular complexity index is 669. The van der Waals surface area contributed by atoms with Crippen LogP contribution in [-0.2, 0) is 9.59 Å². The van der Waals surface area contributed by atoms with Gasteiger partial charge >= 0.3 is 0 Å². The number of carbonyl (C=O) groups is 2. The average molecular weight is 315 g/mol. The van der Waals surface area contributed by atoms with Crippen molar-refractivity contribution in [3.63, 3.8) is 0 Å². The maximum absolute atomic E-state index is 12.0. The van der Waals surface area contributed by atoms with Gasteiger partial charge in [0, 0.05) is 24.6 Å². The summed E-state index contributed by atoms with van der Waals surface area (Å²) in [7, 11) is 0. The fourth-order valence-corrected chi connectivity index (χ4v) is 3.14. The van der Waals surface area contributed by atoms with E-state index in [-0.39, 0.29) is 18.4 Å². The summed E-state index contributed by atoms with van der Waals surface area (Å²) in [6, 6.07) is 11.7. The topological polar surface area (TPSA) is 62.3 Å². The predicted molar refractivity (Wildman–Crippen MR) is 86.6 cm³/mol. The van der Waals surface area contributed by atoms with Crippen molar-refractivity contribution >= 4 is 28.3 Å². The van der Waals surface area contributed by atoms with E-state index in [4.69, 9.17) is 0 Å². The zero-order valence-corrected chi connectivity index (χ0v) is 12.9. The average Bonchev–Trinajstić information content (AvgIpc) is 2.99. The van der Waals surface area contributed by atoms with E-state index in [0.717, 1.165) is 24.1 Å². The van der Waals surface area contributed by atoms with Crippen molar-refractivity contribution in [2.75, 3.05) is 18.4 Å². The van der Waals surface area contributed by atoms with Crippen molar-refractivity contribution in [3.05, 3.63) is 36.4 Å². The molecule has 22 heavy (non-hydrogen) atoms. The van der Waals surface area contributed by atoms with E-state index in [2.05, 4.69) is 9.69 Å². The molecule has 0 atom stereocenters. The molecule has 0 bridgehead atoms. The minimum atomic E-state index is -0.168. The predicted octanol–water partition coefficient (Wildman–Crippen LogP) is 2.76. The van der Waals surface area contributed by atoms with Crippen LogP contribution in [0.5, 0.6) is 0 Å². The van der Waals surface area contributed by atoms with Crippen LogP contribution in [0.2, 0.25) is 0 Å². The fourth-order valence-electron chi connectivity index (χ4n) is 2.46. The highest BCUT2D eigenvalue weighted by atomic mass is 32.1. The number of anilines is 1. The van der Waals surface area contributed by atoms with Gasteiger partial charge in [0.2, 0.25) is 11.8 Å². The molecule has 1 aromatic heterocycles. The summed E-state index contributed by atoms with van der Waals surface area (Å²) < 4.78 is 4.35. The summed E-state index contributed by atoms with van der Waals surface area (Å²) >= 11 is 1.25. The third kappa shape index (κ3) is 3.51. The Morgan fingerprint density at radius 2 is 2.09 bits per heavy atom. The van der Waals surface area contributed by atoms with E-state index in [0.29, 0.717) is 18.0 Å². The van der Waals surface area contributed by atoms with Gasteiger partial charge in [-0.05, 0) is 24.4 Å². The van der Waals surface area contributed by atoms with E-state index in [1.54, 1.807) is 4.90 Å². The van der Waals surface area contributed by atoms with Crippen LogP contribution in [0.3, 0.4) is 0 Å². The summed E-state index contributed by atoms with van der Waals surface area (Å²) in [6.45, 7) is 0.793. The van der Waals surface area contributed by atoms with Crippen molar-refractivity contribution in [2.45, 2.75) is 19.3 Å². The monoisotopic (exact) mass is 315 g/mol. The first-order valence-corrected chi connectivity index (χ1v) is 8.09. The third-order valence-corrected chi connectivity index (χ3v) is 4.30. The second-order valence-electron chi connectivity index (χ2n) is 5.26. The lowest BCUT2D eigenvalue weighted by molar-refractivity contribution is -0.136. The van der Waals surface area contributed by atoms with E-state index >= 15 is 0 Å². The molecular weight excluding hydrogens is 298 g/mol. The van der Waals surface area contributed by atoms with Gasteiger partial charge in [-0.15, -0.1) is 0 Å². The zero-order valence-electron chi connectivity index (χ0n) is 12.1. The molecule has 6 heteroatoms. The standard InChI is InChI=1S/C16H17N3O2S/c20-14(11-19-9-5-4-8-16(19)21)17-15-10-13(18-22-15)12-6-2-1-3-7-12/h1-3,6-7,10H,4-5,8-9,11H2,(H,17,20). The molecular formula is C16H17N3O2S. The molecule has 1 aromatic carbocycles. The molecule has 1 N–H and O–H groups in total. The maximum Gasteiger partial charge on any atom is 0.244 e. The van der Waals surface area contributed by atoms with E-state index < -0.39 is 0 Å². The molecule has 1 aliphatic heterocycles. The molecule has 114 valence electrons. The van der Waals surface area contributed by atoms with Crippen molar-refractivity contribution < 1.29 is 9.59 Å². The highest BCUT2D eigenvalue weighted by Crippen LogP contribution is 2.25. The molecule has 2 heterocycles. The third-order valence-electron chi connectivity index (χ3n) is 3.60. The number of aromatic nitrogens is 1. The summed E-state index contributed by atoms with van der Waals surface area (Å²) in [5, 5.41) is 3.53. The van der Waals surface area contributed by atoms with E-state index in [9.17, 15) is 9.59 Å². The molecule has 5 nitrogen and oxygen atoms in total. The van der Waals surface area contributed by atoms with Gasteiger partial charge in [-0.2, -0.15) is 4.37 Å². The van der Waals surface area contributed by atoms with Gasteiger partial charge in [-0.1, -0.05) is 30.3 Å². The number of piperidine rings is 1. The van der Waals surface area contributed by atoms with Gasteiger partial charge in [-0.3, -0.25) is 9.59 Å². The lowest BCUT2D eigenvalue weighted by Crippen LogP contribution is -2.40. The molecule has 0 aliphatic carbocycles. The van der Waals surface area contributed by atoms with Crippen molar-refractivity contribution in [3.8, 4) is 11.3 Å². The molecule has 0 spiro atoms. The number of nitrogens with one attached hydrogen (secondary N) is 1. The van der Waals surface area contributed by atoms with Crippen LogP contribution in [0.4, 0.5) is 5.00 Å². The lowest BCUT2D eigenvalue weighted by atomic mass is 10.1. The molecule has 2 aromatic rings. The summed E-state index contributed by atoms with van der Waals surface area (Å²) in [5.41, 5.74) is 1.86. The largest absolute Gasteiger partial charge is 0.333 e. The molecule has 3 rings (SSSR count). The maximum atomic E-state index is 12.0. The van der Waals surface area contributed by atoms with E-state index in [1.807, 2.05) is 36.4 Å². The first-order chi connectivity index (χ1) is 10.7. The number of rotatable bonds is 4. The second-order valence-corrected chi connectivity index (χ2v) is 6.07. The number of hydrogen-bond donors (Lipinski definition) is 1. The van der Waals surface area contributed by atoms with Crippen LogP contribution in [0, 0.1) is 0 Å². The van der Waals surface area contributed by atoms with Crippen LogP contribution >= 0.6 is 11.5 Å². The van der Waals surface area contributed by atoms with Crippen LogP contribution < -0.4 is 5.32 Å². The zero-order chi connectivity index (χ0) is 15.4. The van der Waals surface area contributed by atoms with Gasteiger partial charge in [0.15, 0.2) is 0 Å². The van der Waals surface area contributed by atoms with Crippen molar-refractivity contribution in [2.24, 2.45) is 0 Å². The normalized spacial score (nSPS) is 14.9. The molecule has 1 fully saturated rings. The van der Waals surface area contributed by atoms with Gasteiger partial charge in [-0.25, -0.2) is 0 Å². The number of nitrogens with zero attached hydrogens (tertiary/aromatic N) is 2. The molecule has 1 aliphatic rings. The molecule has 0 radical (unpaired) electrons. The Hall–Kier alpha value is -2.21. The van der Waals surface area contributed by atoms with Gasteiger partial charge < -0.3 is 10.2 Å². The second kappa shape index (κ2) is 6.70. The highest BCUT2D eigenvalue weighted by molar-refractivity contribution is 7.10. The minimum absolute atomic E-state index is 0.0654. The number of amides is 2. The van der Waals surface area contributed by atoms with Gasteiger partial charge in [0.05, 0.1) is 12.2 Å². The number of likely N-dealkylation sites (tertiary alicyclic amines) is 1. The Labute approximate surface area is 133 Å². The van der Waals surface area contributed by atoms with Crippen LogP contribution in [0.15, 0.2) is 36.4 Å².